The molecule has 0 aliphatic rings. The molecule has 0 aliphatic carbocycles. The first-order chi connectivity index (χ1) is 8.94. The van der Waals surface area contributed by atoms with Crippen LogP contribution in [-0.4, -0.2) is 0 Å². The maximum Gasteiger partial charge on any atom is 0.156 e. The Morgan fingerprint density at radius 3 is 1.65 bits per heavy atom. The van der Waals surface area contributed by atoms with Crippen LogP contribution in [0.4, 0.5) is 0 Å². The van der Waals surface area contributed by atoms with E-state index in [1.807, 2.05) is 62.4 Å². The zero-order valence-corrected chi connectivity index (χ0v) is 14.2. The summed E-state index contributed by atoms with van der Waals surface area (Å²) in [4.78, 5) is 0. The lowest BCUT2D eigenvalue weighted by atomic mass is 10.2. The lowest BCUT2D eigenvalue weighted by Crippen LogP contribution is -1.98. The van der Waals surface area contributed by atoms with E-state index < -0.39 is 5.69 Å². The summed E-state index contributed by atoms with van der Waals surface area (Å²) in [5, 5.41) is 0. The van der Waals surface area contributed by atoms with Gasteiger partial charge in [-0.3, -0.25) is 0 Å². The Morgan fingerprint density at radius 2 is 1.30 bits per heavy atom. The summed E-state index contributed by atoms with van der Waals surface area (Å²) >= 11 is 10.6. The van der Waals surface area contributed by atoms with Crippen molar-refractivity contribution in [1.82, 2.24) is 6.15 Å². The van der Waals surface area contributed by atoms with E-state index in [1.165, 1.54) is 0 Å². The molecule has 0 radical (unpaired) electrons. The molecule has 0 amide bonds. The van der Waals surface area contributed by atoms with E-state index in [2.05, 4.69) is 0 Å². The molecule has 20 heavy (non-hydrogen) atoms. The molecule has 0 bridgehead atoms. The van der Waals surface area contributed by atoms with E-state index in [0.717, 1.165) is 11.1 Å². The van der Waals surface area contributed by atoms with Gasteiger partial charge in [-0.2, -0.15) is 0 Å². The zero-order valence-electron chi connectivity index (χ0n) is 11.7. The van der Waals surface area contributed by atoms with Crippen LogP contribution in [0, 0.1) is 13.8 Å². The highest BCUT2D eigenvalue weighted by Gasteiger charge is 2.06. The fraction of sp³-hybridized carbons (Fsp3) is 0.143. The quantitative estimate of drug-likeness (QED) is 0.640. The number of hydrogen-bond donors (Lipinski definition) is 1. The summed E-state index contributed by atoms with van der Waals surface area (Å²) in [6.45, 7) is 3.97. The van der Waals surface area contributed by atoms with E-state index in [-0.39, 0.29) is 6.15 Å². The first kappa shape index (κ1) is 17.1. The molecule has 0 saturated heterocycles. The summed E-state index contributed by atoms with van der Waals surface area (Å²) < 4.78 is 11.3. The minimum absolute atomic E-state index is 0. The average Bonchev–Trinajstić information content (AvgIpc) is 2.27. The minimum atomic E-state index is -2.76. The second-order valence-electron chi connectivity index (χ2n) is 4.26. The molecule has 0 heterocycles. The third-order valence-electron chi connectivity index (χ3n) is 2.41. The van der Waals surface area contributed by atoms with Crippen LogP contribution in [0.15, 0.2) is 48.5 Å². The fourth-order valence-corrected chi connectivity index (χ4v) is 3.43. The van der Waals surface area contributed by atoms with Crippen molar-refractivity contribution in [2.45, 2.75) is 13.8 Å². The van der Waals surface area contributed by atoms with Crippen molar-refractivity contribution in [2.75, 3.05) is 0 Å². The van der Waals surface area contributed by atoms with E-state index in [1.54, 1.807) is 0 Å². The second kappa shape index (κ2) is 7.14. The topological polar surface area (TPSA) is 55.0 Å². The van der Waals surface area contributed by atoms with Crippen molar-refractivity contribution in [3.05, 3.63) is 59.7 Å². The van der Waals surface area contributed by atoms with Crippen molar-refractivity contribution in [3.8, 4) is 11.5 Å². The largest absolute Gasteiger partial charge is 0.665 e. The second-order valence-corrected chi connectivity index (χ2v) is 9.10. The molecular weight excluding hydrogens is 309 g/mol. The van der Waals surface area contributed by atoms with Gasteiger partial charge in [-0.15, -0.1) is 0 Å². The summed E-state index contributed by atoms with van der Waals surface area (Å²) in [6, 6.07) is 15.2. The number of quaternary nitrogens is 1. The molecule has 2 aromatic rings. The van der Waals surface area contributed by atoms with Crippen molar-refractivity contribution in [1.29, 1.82) is 0 Å². The van der Waals surface area contributed by atoms with Crippen molar-refractivity contribution >= 4 is 29.7 Å². The highest BCUT2D eigenvalue weighted by atomic mass is 32.9. The van der Waals surface area contributed by atoms with Gasteiger partial charge in [0.25, 0.3) is 0 Å². The number of aryl methyl sites for hydroxylation is 2. The van der Waals surface area contributed by atoms with Gasteiger partial charge in [0.2, 0.25) is 0 Å². The third-order valence-corrected chi connectivity index (χ3v) is 4.18. The Hall–Kier alpha value is -1.00. The summed E-state index contributed by atoms with van der Waals surface area (Å²) in [6.07, 6.45) is 0. The van der Waals surface area contributed by atoms with E-state index in [4.69, 9.17) is 33.1 Å². The first-order valence-corrected chi connectivity index (χ1v) is 9.43. The predicted octanol–water partition coefficient (Wildman–Crippen LogP) is 4.91. The van der Waals surface area contributed by atoms with Crippen LogP contribution < -0.4 is 15.2 Å². The molecule has 0 atom stereocenters. The van der Waals surface area contributed by atoms with E-state index in [9.17, 15) is 0 Å². The molecule has 2 rings (SSSR count). The fourth-order valence-electron chi connectivity index (χ4n) is 1.62. The zero-order chi connectivity index (χ0) is 13.9. The van der Waals surface area contributed by atoms with Crippen LogP contribution in [0.1, 0.15) is 11.1 Å². The van der Waals surface area contributed by atoms with Gasteiger partial charge in [-0.25, -0.2) is 0 Å². The van der Waals surface area contributed by atoms with Gasteiger partial charge in [0.1, 0.15) is 11.5 Å². The van der Waals surface area contributed by atoms with Crippen molar-refractivity contribution in [3.63, 3.8) is 0 Å². The Labute approximate surface area is 130 Å². The molecule has 0 aliphatic heterocycles. The standard InChI is InChI=1S/C14H15O2PS2.H3N/c1-11-5-3-7-13(9-11)15-17(18,19)16-14-8-4-6-12(2)10-14;/h3-10H,1-2H3,(H,18,19);1H3. The molecule has 0 fully saturated rings. The van der Waals surface area contributed by atoms with E-state index >= 15 is 0 Å². The Balaban J connectivity index is 0.00000200. The Kier molecular flexibility index (Phi) is 6.08. The molecule has 3 nitrogen and oxygen atoms in total. The summed E-state index contributed by atoms with van der Waals surface area (Å²) in [7, 11) is 0. The SMILES string of the molecule is Cc1cccc(OP(=S)([S-])Oc2cccc(C)c2)c1.[NH4+]. The molecule has 0 spiro atoms. The monoisotopic (exact) mass is 327 g/mol. The third kappa shape index (κ3) is 5.17. The molecule has 4 N–H and O–H groups in total. The molecule has 0 saturated carbocycles. The van der Waals surface area contributed by atoms with Gasteiger partial charge in [0, 0.05) is 0 Å². The number of benzene rings is 2. The minimum Gasteiger partial charge on any atom is -0.665 e. The van der Waals surface area contributed by atoms with Crippen molar-refractivity contribution in [2.24, 2.45) is 0 Å². The van der Waals surface area contributed by atoms with Gasteiger partial charge < -0.3 is 27.4 Å². The smallest absolute Gasteiger partial charge is 0.156 e. The molecule has 6 heteroatoms. The lowest BCUT2D eigenvalue weighted by Gasteiger charge is -2.29. The maximum atomic E-state index is 5.64. The van der Waals surface area contributed by atoms with Crippen LogP contribution in [-0.2, 0) is 24.1 Å². The molecule has 2 aromatic carbocycles. The van der Waals surface area contributed by atoms with Crippen molar-refractivity contribution < 1.29 is 9.05 Å². The number of rotatable bonds is 4. The highest BCUT2D eigenvalue weighted by molar-refractivity contribution is 8.51. The predicted molar refractivity (Wildman–Crippen MR) is 91.2 cm³/mol. The van der Waals surface area contributed by atoms with Gasteiger partial charge in [0.15, 0.2) is 5.69 Å². The van der Waals surface area contributed by atoms with Gasteiger partial charge in [0.05, 0.1) is 0 Å². The van der Waals surface area contributed by atoms with Crippen LogP contribution in [0.2, 0.25) is 0 Å². The molecular formula is C14H18NO2PS2. The Bertz CT molecular complexity index is 583. The normalized spacial score (nSPS) is 10.6. The summed E-state index contributed by atoms with van der Waals surface area (Å²) in [5.41, 5.74) is -0.569. The lowest BCUT2D eigenvalue weighted by molar-refractivity contribution is 0.506. The Morgan fingerprint density at radius 1 is 0.900 bits per heavy atom. The van der Waals surface area contributed by atoms with Gasteiger partial charge in [-0.05, 0) is 61.0 Å². The maximum absolute atomic E-state index is 5.64. The number of hydrogen-bond acceptors (Lipinski definition) is 4. The van der Waals surface area contributed by atoms with Crippen LogP contribution in [0.5, 0.6) is 11.5 Å². The molecule has 0 unspecified atom stereocenters. The molecule has 0 aromatic heterocycles. The van der Waals surface area contributed by atoms with Crippen LogP contribution in [0.3, 0.4) is 0 Å². The first-order valence-electron chi connectivity index (χ1n) is 5.78. The van der Waals surface area contributed by atoms with Gasteiger partial charge >= 0.3 is 0 Å². The van der Waals surface area contributed by atoms with Crippen LogP contribution >= 0.6 is 5.69 Å². The van der Waals surface area contributed by atoms with Gasteiger partial charge in [-0.1, -0.05) is 24.3 Å². The molecule has 108 valence electrons. The highest BCUT2D eigenvalue weighted by Crippen LogP contribution is 2.46. The van der Waals surface area contributed by atoms with E-state index in [0.29, 0.717) is 11.5 Å². The van der Waals surface area contributed by atoms with Crippen LogP contribution in [0.25, 0.3) is 0 Å². The summed E-state index contributed by atoms with van der Waals surface area (Å²) in [5.74, 6) is 1.32. The average molecular weight is 327 g/mol.